The van der Waals surface area contributed by atoms with Crippen molar-refractivity contribution >= 4 is 23.0 Å². The first kappa shape index (κ1) is 20.2. The van der Waals surface area contributed by atoms with Crippen LogP contribution in [0.25, 0.3) is 0 Å². The van der Waals surface area contributed by atoms with Crippen LogP contribution >= 0.6 is 0 Å². The normalized spacial score (nSPS) is 10.4. The van der Waals surface area contributed by atoms with Gasteiger partial charge in [0.1, 0.15) is 0 Å². The van der Waals surface area contributed by atoms with Crippen molar-refractivity contribution in [1.29, 1.82) is 0 Å². The largest absolute Gasteiger partial charge is 0.487 e. The van der Waals surface area contributed by atoms with Gasteiger partial charge in [-0.3, -0.25) is 14.9 Å². The summed E-state index contributed by atoms with van der Waals surface area (Å²) in [5.41, 5.74) is 2.67. The Morgan fingerprint density at radius 2 is 1.85 bits per heavy atom. The van der Waals surface area contributed by atoms with Gasteiger partial charge < -0.3 is 15.0 Å². The second kappa shape index (κ2) is 9.02. The highest BCUT2D eigenvalue weighted by Crippen LogP contribution is 2.29. The fourth-order valence-electron chi connectivity index (χ4n) is 2.85. The highest BCUT2D eigenvalue weighted by Gasteiger charge is 2.19. The molecule has 27 heavy (non-hydrogen) atoms. The highest BCUT2D eigenvalue weighted by molar-refractivity contribution is 6.05. The number of nitrogens with one attached hydrogen (secondary N) is 1. The van der Waals surface area contributed by atoms with E-state index in [-0.39, 0.29) is 17.0 Å². The van der Waals surface area contributed by atoms with Crippen LogP contribution in [0.4, 0.5) is 17.1 Å². The summed E-state index contributed by atoms with van der Waals surface area (Å²) in [7, 11) is 0. The Morgan fingerprint density at radius 3 is 2.41 bits per heavy atom. The Hall–Kier alpha value is -3.09. The molecule has 0 aromatic heterocycles. The van der Waals surface area contributed by atoms with Crippen LogP contribution in [0.15, 0.2) is 36.4 Å². The average Bonchev–Trinajstić information content (AvgIpc) is 2.65. The first-order chi connectivity index (χ1) is 12.9. The number of nitro benzene ring substituents is 1. The lowest BCUT2D eigenvalue weighted by Gasteiger charge is -2.22. The van der Waals surface area contributed by atoms with Crippen molar-refractivity contribution in [2.75, 3.05) is 29.9 Å². The molecule has 0 spiro atoms. The van der Waals surface area contributed by atoms with Crippen LogP contribution in [0.5, 0.6) is 5.75 Å². The van der Waals surface area contributed by atoms with Crippen molar-refractivity contribution in [3.8, 4) is 5.75 Å². The van der Waals surface area contributed by atoms with E-state index in [9.17, 15) is 14.9 Å². The van der Waals surface area contributed by atoms with Gasteiger partial charge in [-0.05, 0) is 63.6 Å². The van der Waals surface area contributed by atoms with Crippen LogP contribution in [-0.2, 0) is 0 Å². The van der Waals surface area contributed by atoms with Crippen LogP contribution in [0.3, 0.4) is 0 Å². The van der Waals surface area contributed by atoms with E-state index in [0.29, 0.717) is 12.3 Å². The minimum Gasteiger partial charge on any atom is -0.487 e. The van der Waals surface area contributed by atoms with E-state index in [1.165, 1.54) is 18.2 Å². The van der Waals surface area contributed by atoms with E-state index in [1.54, 1.807) is 6.92 Å². The van der Waals surface area contributed by atoms with Crippen LogP contribution in [0.1, 0.15) is 36.7 Å². The molecule has 0 saturated heterocycles. The second-order valence-electron chi connectivity index (χ2n) is 6.00. The van der Waals surface area contributed by atoms with Gasteiger partial charge in [0.2, 0.25) is 0 Å². The summed E-state index contributed by atoms with van der Waals surface area (Å²) in [6.45, 7) is 9.96. The molecule has 2 rings (SSSR count). The standard InChI is InChI=1S/C20H25N3O4/c1-5-22(6-2)16-9-10-17(14(4)12-16)21-20(24)15-8-11-19(27-7-3)18(13-15)23(25)26/h8-13H,5-7H2,1-4H3,(H,21,24). The summed E-state index contributed by atoms with van der Waals surface area (Å²) in [6, 6.07) is 10.0. The molecule has 7 heteroatoms. The molecule has 0 radical (unpaired) electrons. The Balaban J connectivity index is 2.24. The topological polar surface area (TPSA) is 84.7 Å². The summed E-state index contributed by atoms with van der Waals surface area (Å²) in [5, 5.41) is 14.1. The molecule has 1 N–H and O–H groups in total. The molecule has 144 valence electrons. The number of rotatable bonds is 8. The van der Waals surface area contributed by atoms with E-state index >= 15 is 0 Å². The fraction of sp³-hybridized carbons (Fsp3) is 0.350. The number of carbonyl (C=O) groups excluding carboxylic acids is 1. The third kappa shape index (κ3) is 4.75. The van der Waals surface area contributed by atoms with E-state index in [2.05, 4.69) is 24.1 Å². The Bertz CT molecular complexity index is 832. The average molecular weight is 371 g/mol. The molecule has 0 bridgehead atoms. The molecule has 0 saturated carbocycles. The number of nitrogens with zero attached hydrogens (tertiary/aromatic N) is 2. The molecule has 0 atom stereocenters. The van der Waals surface area contributed by atoms with Crippen molar-refractivity contribution in [3.63, 3.8) is 0 Å². The van der Waals surface area contributed by atoms with E-state index in [0.717, 1.165) is 24.3 Å². The van der Waals surface area contributed by atoms with Crippen molar-refractivity contribution in [2.24, 2.45) is 0 Å². The number of anilines is 2. The van der Waals surface area contributed by atoms with E-state index in [4.69, 9.17) is 4.74 Å². The molecule has 2 aromatic carbocycles. The third-order valence-electron chi connectivity index (χ3n) is 4.30. The lowest BCUT2D eigenvalue weighted by Crippen LogP contribution is -2.22. The highest BCUT2D eigenvalue weighted by atomic mass is 16.6. The van der Waals surface area contributed by atoms with Crippen LogP contribution in [0.2, 0.25) is 0 Å². The first-order valence-electron chi connectivity index (χ1n) is 8.99. The zero-order valence-electron chi connectivity index (χ0n) is 16.1. The molecule has 7 nitrogen and oxygen atoms in total. The molecule has 0 aliphatic carbocycles. The van der Waals surface area contributed by atoms with Crippen LogP contribution < -0.4 is 15.0 Å². The molecule has 0 aliphatic rings. The Kier molecular flexibility index (Phi) is 6.76. The second-order valence-corrected chi connectivity index (χ2v) is 6.00. The van der Waals surface area contributed by atoms with Gasteiger partial charge >= 0.3 is 5.69 Å². The molecule has 1 amide bonds. The van der Waals surface area contributed by atoms with Gasteiger partial charge in [0.25, 0.3) is 5.91 Å². The number of hydrogen-bond donors (Lipinski definition) is 1. The third-order valence-corrected chi connectivity index (χ3v) is 4.30. The zero-order chi connectivity index (χ0) is 20.0. The lowest BCUT2D eigenvalue weighted by atomic mass is 10.1. The Labute approximate surface area is 159 Å². The van der Waals surface area contributed by atoms with Crippen molar-refractivity contribution in [3.05, 3.63) is 57.6 Å². The monoisotopic (exact) mass is 371 g/mol. The molecular weight excluding hydrogens is 346 g/mol. The quantitative estimate of drug-likeness (QED) is 0.549. The summed E-state index contributed by atoms with van der Waals surface area (Å²) in [4.78, 5) is 25.5. The van der Waals surface area contributed by atoms with Gasteiger partial charge in [-0.15, -0.1) is 0 Å². The summed E-state index contributed by atoms with van der Waals surface area (Å²) in [5.74, 6) is -0.251. The number of carbonyl (C=O) groups is 1. The predicted molar refractivity (Wildman–Crippen MR) is 107 cm³/mol. The SMILES string of the molecule is CCOc1ccc(C(=O)Nc2ccc(N(CC)CC)cc2C)cc1[N+](=O)[O-]. The van der Waals surface area contributed by atoms with Crippen molar-refractivity contribution in [1.82, 2.24) is 0 Å². The summed E-state index contributed by atoms with van der Waals surface area (Å²) in [6.07, 6.45) is 0. The van der Waals surface area contributed by atoms with Gasteiger partial charge in [0.15, 0.2) is 5.75 Å². The fourth-order valence-corrected chi connectivity index (χ4v) is 2.85. The lowest BCUT2D eigenvalue weighted by molar-refractivity contribution is -0.385. The van der Waals surface area contributed by atoms with Crippen molar-refractivity contribution in [2.45, 2.75) is 27.7 Å². The van der Waals surface area contributed by atoms with Gasteiger partial charge in [0, 0.05) is 36.1 Å². The van der Waals surface area contributed by atoms with Gasteiger partial charge in [0.05, 0.1) is 11.5 Å². The van der Waals surface area contributed by atoms with E-state index in [1.807, 2.05) is 25.1 Å². The summed E-state index contributed by atoms with van der Waals surface area (Å²) < 4.78 is 5.25. The molecule has 0 unspecified atom stereocenters. The number of amides is 1. The molecular formula is C20H25N3O4. The minimum atomic E-state index is -0.550. The molecule has 2 aromatic rings. The minimum absolute atomic E-state index is 0.152. The van der Waals surface area contributed by atoms with Gasteiger partial charge in [-0.25, -0.2) is 0 Å². The van der Waals surface area contributed by atoms with Crippen LogP contribution in [-0.4, -0.2) is 30.5 Å². The number of benzene rings is 2. The molecule has 0 aliphatic heterocycles. The maximum atomic E-state index is 12.6. The number of aryl methyl sites for hydroxylation is 1. The summed E-state index contributed by atoms with van der Waals surface area (Å²) >= 11 is 0. The maximum absolute atomic E-state index is 12.6. The predicted octanol–water partition coefficient (Wildman–Crippen LogP) is 4.40. The number of nitro groups is 1. The molecule has 0 fully saturated rings. The zero-order valence-corrected chi connectivity index (χ0v) is 16.1. The van der Waals surface area contributed by atoms with Crippen LogP contribution in [0, 0.1) is 17.0 Å². The number of ether oxygens (including phenoxy) is 1. The van der Waals surface area contributed by atoms with E-state index < -0.39 is 10.8 Å². The smallest absolute Gasteiger partial charge is 0.311 e. The Morgan fingerprint density at radius 1 is 1.15 bits per heavy atom. The van der Waals surface area contributed by atoms with Gasteiger partial charge in [-0.1, -0.05) is 0 Å². The molecule has 0 heterocycles. The maximum Gasteiger partial charge on any atom is 0.311 e. The van der Waals surface area contributed by atoms with Gasteiger partial charge in [-0.2, -0.15) is 0 Å². The first-order valence-corrected chi connectivity index (χ1v) is 8.99. The number of hydrogen-bond acceptors (Lipinski definition) is 5. The van der Waals surface area contributed by atoms with Crippen molar-refractivity contribution < 1.29 is 14.5 Å².